The van der Waals surface area contributed by atoms with Crippen molar-refractivity contribution >= 4 is 5.91 Å². The predicted molar refractivity (Wildman–Crippen MR) is 80.4 cm³/mol. The number of carbonyl (C=O) groups is 1. The molecule has 0 radical (unpaired) electrons. The maximum atomic E-state index is 11.9. The minimum absolute atomic E-state index is 0.0977. The van der Waals surface area contributed by atoms with Crippen LogP contribution in [0.3, 0.4) is 0 Å². The number of nitrogens with zero attached hydrogens (tertiary/aromatic N) is 1. The first-order valence-corrected chi connectivity index (χ1v) is 8.31. The summed E-state index contributed by atoms with van der Waals surface area (Å²) in [7, 11) is 2.11. The highest BCUT2D eigenvalue weighted by Gasteiger charge is 2.26. The number of aliphatic hydroxyl groups is 1. The van der Waals surface area contributed by atoms with Crippen molar-refractivity contribution in [3.05, 3.63) is 0 Å². The first-order valence-electron chi connectivity index (χ1n) is 8.31. The van der Waals surface area contributed by atoms with Gasteiger partial charge < -0.3 is 15.3 Å². The topological polar surface area (TPSA) is 52.6 Å². The average molecular weight is 282 g/mol. The quantitative estimate of drug-likeness (QED) is 0.700. The summed E-state index contributed by atoms with van der Waals surface area (Å²) >= 11 is 0. The number of hydrogen-bond acceptors (Lipinski definition) is 3. The zero-order chi connectivity index (χ0) is 14.4. The van der Waals surface area contributed by atoms with E-state index < -0.39 is 0 Å². The molecular formula is C16H30N2O2. The lowest BCUT2D eigenvalue weighted by molar-refractivity contribution is -0.124. The number of carbonyl (C=O) groups excluding carboxylic acids is 1. The Hall–Kier alpha value is -0.610. The van der Waals surface area contributed by atoms with E-state index in [4.69, 9.17) is 0 Å². The minimum atomic E-state index is -0.0977. The molecule has 116 valence electrons. The van der Waals surface area contributed by atoms with Crippen LogP contribution in [-0.4, -0.2) is 48.7 Å². The van der Waals surface area contributed by atoms with Gasteiger partial charge in [0.2, 0.25) is 5.91 Å². The van der Waals surface area contributed by atoms with Crippen molar-refractivity contribution in [2.75, 3.05) is 26.7 Å². The van der Waals surface area contributed by atoms with Gasteiger partial charge in [-0.1, -0.05) is 19.3 Å². The smallest absolute Gasteiger partial charge is 0.223 e. The molecule has 2 aliphatic rings. The van der Waals surface area contributed by atoms with Gasteiger partial charge in [0.1, 0.15) is 0 Å². The van der Waals surface area contributed by atoms with Crippen LogP contribution in [0.1, 0.15) is 51.4 Å². The average Bonchev–Trinajstić information content (AvgIpc) is 3.07. The van der Waals surface area contributed by atoms with Crippen molar-refractivity contribution in [3.63, 3.8) is 0 Å². The van der Waals surface area contributed by atoms with Gasteiger partial charge in [-0.25, -0.2) is 0 Å². The highest BCUT2D eigenvalue weighted by atomic mass is 16.3. The third kappa shape index (κ3) is 4.74. The summed E-state index contributed by atoms with van der Waals surface area (Å²) in [5, 5.41) is 12.9. The van der Waals surface area contributed by atoms with Gasteiger partial charge >= 0.3 is 0 Å². The normalized spacial score (nSPS) is 27.4. The van der Waals surface area contributed by atoms with Gasteiger partial charge in [0, 0.05) is 19.0 Å². The van der Waals surface area contributed by atoms with Crippen LogP contribution in [0.15, 0.2) is 0 Å². The van der Waals surface area contributed by atoms with Gasteiger partial charge in [0.05, 0.1) is 6.10 Å². The van der Waals surface area contributed by atoms with E-state index in [1.165, 1.54) is 12.8 Å². The van der Waals surface area contributed by atoms with Gasteiger partial charge in [-0.15, -0.1) is 0 Å². The molecule has 4 heteroatoms. The maximum absolute atomic E-state index is 11.9. The Labute approximate surface area is 122 Å². The van der Waals surface area contributed by atoms with Crippen LogP contribution < -0.4 is 5.32 Å². The van der Waals surface area contributed by atoms with Crippen molar-refractivity contribution in [1.82, 2.24) is 10.2 Å². The highest BCUT2D eigenvalue weighted by Crippen LogP contribution is 2.26. The number of aliphatic hydroxyl groups excluding tert-OH is 1. The Morgan fingerprint density at radius 1 is 1.20 bits per heavy atom. The molecule has 2 rings (SSSR count). The summed E-state index contributed by atoms with van der Waals surface area (Å²) in [5.41, 5.74) is 0. The van der Waals surface area contributed by atoms with Gasteiger partial charge in [-0.3, -0.25) is 4.79 Å². The van der Waals surface area contributed by atoms with Gasteiger partial charge in [0.25, 0.3) is 0 Å². The first kappa shape index (κ1) is 15.8. The van der Waals surface area contributed by atoms with Crippen molar-refractivity contribution in [1.29, 1.82) is 0 Å². The lowest BCUT2D eigenvalue weighted by Gasteiger charge is -2.23. The second-order valence-corrected chi connectivity index (χ2v) is 6.65. The van der Waals surface area contributed by atoms with E-state index in [1.807, 2.05) is 0 Å². The van der Waals surface area contributed by atoms with Crippen LogP contribution in [0.4, 0.5) is 0 Å². The molecule has 0 bridgehead atoms. The van der Waals surface area contributed by atoms with Crippen LogP contribution in [0.25, 0.3) is 0 Å². The number of hydrogen-bond donors (Lipinski definition) is 2. The zero-order valence-electron chi connectivity index (χ0n) is 12.8. The zero-order valence-corrected chi connectivity index (χ0v) is 12.8. The Morgan fingerprint density at radius 2 is 1.95 bits per heavy atom. The van der Waals surface area contributed by atoms with Crippen molar-refractivity contribution in [2.24, 2.45) is 11.8 Å². The molecule has 0 heterocycles. The summed E-state index contributed by atoms with van der Waals surface area (Å²) in [6.07, 6.45) is 8.76. The maximum Gasteiger partial charge on any atom is 0.223 e. The lowest BCUT2D eigenvalue weighted by Crippen LogP contribution is -2.34. The summed E-state index contributed by atoms with van der Waals surface area (Å²) < 4.78 is 0. The van der Waals surface area contributed by atoms with Crippen molar-refractivity contribution < 1.29 is 9.90 Å². The molecule has 0 aromatic carbocycles. The lowest BCUT2D eigenvalue weighted by atomic mass is 10.1. The third-order valence-corrected chi connectivity index (χ3v) is 4.91. The van der Waals surface area contributed by atoms with E-state index in [0.717, 1.165) is 58.2 Å². The molecule has 20 heavy (non-hydrogen) atoms. The molecule has 2 aliphatic carbocycles. The van der Waals surface area contributed by atoms with Crippen molar-refractivity contribution in [2.45, 2.75) is 57.5 Å². The minimum Gasteiger partial charge on any atom is -0.393 e. The highest BCUT2D eigenvalue weighted by molar-refractivity contribution is 5.78. The fourth-order valence-electron chi connectivity index (χ4n) is 3.61. The molecule has 0 aromatic heterocycles. The SMILES string of the molecule is CN(CCCNC(=O)C1CCCC1)CC1CCCC1O. The Bertz CT molecular complexity index is 303. The first-order chi connectivity index (χ1) is 9.66. The standard InChI is InChI=1S/C16H30N2O2/c1-18(12-14-8-4-9-15(14)19)11-5-10-17-16(20)13-6-2-3-7-13/h13-15,19H,2-12H2,1H3,(H,17,20). The van der Waals surface area contributed by atoms with Crippen molar-refractivity contribution in [3.8, 4) is 0 Å². The molecule has 0 aliphatic heterocycles. The molecule has 0 saturated heterocycles. The van der Waals surface area contributed by atoms with E-state index in [-0.39, 0.29) is 17.9 Å². The summed E-state index contributed by atoms with van der Waals surface area (Å²) in [4.78, 5) is 14.1. The van der Waals surface area contributed by atoms with Crippen LogP contribution in [0.5, 0.6) is 0 Å². The summed E-state index contributed by atoms with van der Waals surface area (Å²) in [6.45, 7) is 2.76. The van der Waals surface area contributed by atoms with Crippen LogP contribution >= 0.6 is 0 Å². The largest absolute Gasteiger partial charge is 0.393 e. The predicted octanol–water partition coefficient (Wildman–Crippen LogP) is 1.78. The van der Waals surface area contributed by atoms with Gasteiger partial charge in [-0.05, 0) is 51.6 Å². The molecule has 2 N–H and O–H groups in total. The van der Waals surface area contributed by atoms with E-state index >= 15 is 0 Å². The molecule has 1 amide bonds. The van der Waals surface area contributed by atoms with E-state index in [0.29, 0.717) is 5.92 Å². The monoisotopic (exact) mass is 282 g/mol. The molecule has 2 atom stereocenters. The Kier molecular flexibility index (Phi) is 6.30. The van der Waals surface area contributed by atoms with E-state index in [1.54, 1.807) is 0 Å². The Balaban J connectivity index is 1.52. The van der Waals surface area contributed by atoms with Crippen LogP contribution in [-0.2, 0) is 4.79 Å². The fourth-order valence-corrected chi connectivity index (χ4v) is 3.61. The molecule has 2 saturated carbocycles. The summed E-state index contributed by atoms with van der Waals surface area (Å²) in [6, 6.07) is 0. The summed E-state index contributed by atoms with van der Waals surface area (Å²) in [5.74, 6) is 0.991. The third-order valence-electron chi connectivity index (χ3n) is 4.91. The molecule has 0 aromatic rings. The van der Waals surface area contributed by atoms with Crippen LogP contribution in [0, 0.1) is 11.8 Å². The Morgan fingerprint density at radius 3 is 2.60 bits per heavy atom. The van der Waals surface area contributed by atoms with E-state index in [2.05, 4.69) is 17.3 Å². The number of amides is 1. The van der Waals surface area contributed by atoms with Gasteiger partial charge in [-0.2, -0.15) is 0 Å². The van der Waals surface area contributed by atoms with Gasteiger partial charge in [0.15, 0.2) is 0 Å². The number of nitrogens with one attached hydrogen (secondary N) is 1. The molecular weight excluding hydrogens is 252 g/mol. The second-order valence-electron chi connectivity index (χ2n) is 6.65. The van der Waals surface area contributed by atoms with E-state index in [9.17, 15) is 9.90 Å². The molecule has 2 fully saturated rings. The fraction of sp³-hybridized carbons (Fsp3) is 0.938. The number of rotatable bonds is 7. The second kappa shape index (κ2) is 7.99. The molecule has 4 nitrogen and oxygen atoms in total. The molecule has 2 unspecified atom stereocenters. The molecule has 0 spiro atoms. The van der Waals surface area contributed by atoms with Crippen LogP contribution in [0.2, 0.25) is 0 Å².